The van der Waals surface area contributed by atoms with Crippen LogP contribution in [0.3, 0.4) is 0 Å². The van der Waals surface area contributed by atoms with Crippen LogP contribution in [0.25, 0.3) is 0 Å². The Morgan fingerprint density at radius 2 is 2.12 bits per heavy atom. The minimum atomic E-state index is 0.298. The van der Waals surface area contributed by atoms with Crippen LogP contribution in [-0.2, 0) is 4.79 Å². The molecule has 0 aromatic carbocycles. The first-order chi connectivity index (χ1) is 7.77. The van der Waals surface area contributed by atoms with Crippen LogP contribution in [0, 0.1) is 0 Å². The van der Waals surface area contributed by atoms with E-state index in [0.717, 1.165) is 32.6 Å². The Kier molecular flexibility index (Phi) is 4.18. The minimum Gasteiger partial charge on any atom is -0.342 e. The van der Waals surface area contributed by atoms with Gasteiger partial charge in [-0.15, -0.1) is 0 Å². The van der Waals surface area contributed by atoms with Crippen molar-refractivity contribution in [1.29, 1.82) is 0 Å². The summed E-state index contributed by atoms with van der Waals surface area (Å²) in [6, 6.07) is 0.526. The van der Waals surface area contributed by atoms with E-state index in [0.29, 0.717) is 18.5 Å². The van der Waals surface area contributed by atoms with Crippen molar-refractivity contribution in [3.63, 3.8) is 0 Å². The molecular weight excluding hydrogens is 202 g/mol. The van der Waals surface area contributed by atoms with Crippen molar-refractivity contribution >= 4 is 5.91 Å². The number of hydrogen-bond acceptors (Lipinski definition) is 3. The number of hydrogen-bond donors (Lipinski definition) is 1. The first kappa shape index (κ1) is 11.9. The zero-order valence-corrected chi connectivity index (χ0v) is 10.2. The van der Waals surface area contributed by atoms with E-state index in [9.17, 15) is 4.79 Å². The van der Waals surface area contributed by atoms with E-state index in [2.05, 4.69) is 10.2 Å². The molecule has 16 heavy (non-hydrogen) atoms. The Balaban J connectivity index is 1.76. The van der Waals surface area contributed by atoms with Crippen LogP contribution in [0.1, 0.15) is 25.7 Å². The van der Waals surface area contributed by atoms with Crippen molar-refractivity contribution in [3.05, 3.63) is 0 Å². The van der Waals surface area contributed by atoms with Crippen LogP contribution in [0.5, 0.6) is 0 Å². The van der Waals surface area contributed by atoms with Crippen LogP contribution in [-0.4, -0.2) is 61.5 Å². The van der Waals surface area contributed by atoms with Gasteiger partial charge in [-0.05, 0) is 38.8 Å². The number of amides is 1. The van der Waals surface area contributed by atoms with Gasteiger partial charge in [-0.3, -0.25) is 9.69 Å². The summed E-state index contributed by atoms with van der Waals surface area (Å²) in [6.07, 6.45) is 4.84. The van der Waals surface area contributed by atoms with E-state index in [-0.39, 0.29) is 0 Å². The summed E-state index contributed by atoms with van der Waals surface area (Å²) in [5.74, 6) is 0.298. The molecule has 1 saturated heterocycles. The van der Waals surface area contributed by atoms with Gasteiger partial charge in [0.05, 0.1) is 6.54 Å². The van der Waals surface area contributed by atoms with Crippen LogP contribution in [0.15, 0.2) is 0 Å². The maximum atomic E-state index is 12.0. The second-order valence-electron chi connectivity index (χ2n) is 4.97. The lowest BCUT2D eigenvalue weighted by molar-refractivity contribution is -0.134. The summed E-state index contributed by atoms with van der Waals surface area (Å²) in [5.41, 5.74) is 0. The molecule has 0 aromatic rings. The van der Waals surface area contributed by atoms with Crippen molar-refractivity contribution in [3.8, 4) is 0 Å². The maximum Gasteiger partial charge on any atom is 0.236 e. The number of likely N-dealkylation sites (N-methyl/N-ethyl adjacent to an activating group) is 1. The van der Waals surface area contributed by atoms with Crippen LogP contribution in [0.2, 0.25) is 0 Å². The predicted octanol–water partition coefficient (Wildman–Crippen LogP) is 0.293. The fraction of sp³-hybridized carbons (Fsp3) is 0.917. The molecule has 4 heteroatoms. The third-order valence-electron chi connectivity index (χ3n) is 3.81. The number of carbonyl (C=O) groups excluding carboxylic acids is 1. The monoisotopic (exact) mass is 225 g/mol. The zero-order chi connectivity index (χ0) is 11.4. The van der Waals surface area contributed by atoms with Gasteiger partial charge in [0, 0.05) is 26.2 Å². The third kappa shape index (κ3) is 2.95. The molecule has 0 bridgehead atoms. The van der Waals surface area contributed by atoms with Gasteiger partial charge in [-0.25, -0.2) is 0 Å². The lowest BCUT2D eigenvalue weighted by Crippen LogP contribution is -2.46. The van der Waals surface area contributed by atoms with E-state index in [1.807, 2.05) is 11.9 Å². The molecule has 1 amide bonds. The van der Waals surface area contributed by atoms with Gasteiger partial charge in [0.25, 0.3) is 0 Å². The molecule has 1 N–H and O–H groups in total. The second-order valence-corrected chi connectivity index (χ2v) is 4.97. The molecule has 0 radical (unpaired) electrons. The minimum absolute atomic E-state index is 0.298. The van der Waals surface area contributed by atoms with Crippen molar-refractivity contribution in [2.24, 2.45) is 0 Å². The van der Waals surface area contributed by atoms with Gasteiger partial charge in [0.2, 0.25) is 5.91 Å². The van der Waals surface area contributed by atoms with Gasteiger partial charge in [-0.1, -0.05) is 0 Å². The van der Waals surface area contributed by atoms with Crippen molar-refractivity contribution in [2.75, 3.05) is 39.8 Å². The summed E-state index contributed by atoms with van der Waals surface area (Å²) in [5, 5.41) is 3.36. The number of nitrogens with zero attached hydrogens (tertiary/aromatic N) is 2. The number of carbonyl (C=O) groups is 1. The van der Waals surface area contributed by atoms with E-state index in [4.69, 9.17) is 0 Å². The summed E-state index contributed by atoms with van der Waals surface area (Å²) in [6.45, 7) is 4.76. The van der Waals surface area contributed by atoms with E-state index in [1.54, 1.807) is 0 Å². The average molecular weight is 225 g/mol. The molecular formula is C12H23N3O. The Bertz CT molecular complexity index is 232. The zero-order valence-electron chi connectivity index (χ0n) is 10.2. The smallest absolute Gasteiger partial charge is 0.236 e. The number of rotatable bonds is 3. The standard InChI is InChI=1S/C12H23N3O/c1-14(11-4-2-5-11)12(16)10-15-8-3-6-13-7-9-15/h11,13H,2-10H2,1H3. The number of nitrogens with one attached hydrogen (secondary N) is 1. The normalized spacial score (nSPS) is 23.6. The van der Waals surface area contributed by atoms with Crippen molar-refractivity contribution in [1.82, 2.24) is 15.1 Å². The third-order valence-corrected chi connectivity index (χ3v) is 3.81. The van der Waals surface area contributed by atoms with Gasteiger partial charge in [-0.2, -0.15) is 0 Å². The van der Waals surface area contributed by atoms with E-state index in [1.165, 1.54) is 19.3 Å². The van der Waals surface area contributed by atoms with Gasteiger partial charge in [0.1, 0.15) is 0 Å². The molecule has 0 unspecified atom stereocenters. The van der Waals surface area contributed by atoms with E-state index >= 15 is 0 Å². The fourth-order valence-corrected chi connectivity index (χ4v) is 2.34. The quantitative estimate of drug-likeness (QED) is 0.750. The highest BCUT2D eigenvalue weighted by molar-refractivity contribution is 5.78. The molecule has 2 aliphatic rings. The second kappa shape index (κ2) is 5.64. The summed E-state index contributed by atoms with van der Waals surface area (Å²) < 4.78 is 0. The highest BCUT2D eigenvalue weighted by atomic mass is 16.2. The molecule has 2 fully saturated rings. The molecule has 0 spiro atoms. The van der Waals surface area contributed by atoms with Crippen LogP contribution >= 0.6 is 0 Å². The Morgan fingerprint density at radius 3 is 2.81 bits per heavy atom. The Hall–Kier alpha value is -0.610. The average Bonchev–Trinajstić information content (AvgIpc) is 2.43. The van der Waals surface area contributed by atoms with Crippen LogP contribution < -0.4 is 5.32 Å². The molecule has 0 atom stereocenters. The lowest BCUT2D eigenvalue weighted by atomic mass is 9.92. The highest BCUT2D eigenvalue weighted by Crippen LogP contribution is 2.23. The molecule has 1 saturated carbocycles. The largest absolute Gasteiger partial charge is 0.342 e. The molecule has 4 nitrogen and oxygen atoms in total. The van der Waals surface area contributed by atoms with Gasteiger partial charge < -0.3 is 10.2 Å². The topological polar surface area (TPSA) is 35.6 Å². The van der Waals surface area contributed by atoms with Crippen LogP contribution in [0.4, 0.5) is 0 Å². The van der Waals surface area contributed by atoms with E-state index < -0.39 is 0 Å². The molecule has 92 valence electrons. The summed E-state index contributed by atoms with van der Waals surface area (Å²) in [7, 11) is 1.96. The van der Waals surface area contributed by atoms with Crippen molar-refractivity contribution in [2.45, 2.75) is 31.7 Å². The summed E-state index contributed by atoms with van der Waals surface area (Å²) in [4.78, 5) is 16.3. The lowest BCUT2D eigenvalue weighted by Gasteiger charge is -2.35. The Labute approximate surface area is 98.0 Å². The van der Waals surface area contributed by atoms with Crippen molar-refractivity contribution < 1.29 is 4.79 Å². The fourth-order valence-electron chi connectivity index (χ4n) is 2.34. The van der Waals surface area contributed by atoms with Gasteiger partial charge >= 0.3 is 0 Å². The molecule has 1 aliphatic carbocycles. The molecule has 1 heterocycles. The van der Waals surface area contributed by atoms with Gasteiger partial charge in [0.15, 0.2) is 0 Å². The summed E-state index contributed by atoms with van der Waals surface area (Å²) >= 11 is 0. The predicted molar refractivity (Wildman–Crippen MR) is 64.3 cm³/mol. The first-order valence-electron chi connectivity index (χ1n) is 6.46. The molecule has 0 aromatic heterocycles. The highest BCUT2D eigenvalue weighted by Gasteiger charge is 2.26. The maximum absolute atomic E-state index is 12.0. The molecule has 1 aliphatic heterocycles. The first-order valence-corrected chi connectivity index (χ1v) is 6.46. The SMILES string of the molecule is CN(C(=O)CN1CCCNCC1)C1CCC1. The molecule has 2 rings (SSSR count). The Morgan fingerprint density at radius 1 is 1.31 bits per heavy atom.